The number of amides is 1. The van der Waals surface area contributed by atoms with Gasteiger partial charge in [-0.05, 0) is 25.1 Å². The fourth-order valence-electron chi connectivity index (χ4n) is 1.57. The van der Waals surface area contributed by atoms with Crippen LogP contribution in [0.15, 0.2) is 24.4 Å². The number of aryl methyl sites for hydroxylation is 1. The molecule has 6 nitrogen and oxygen atoms in total. The van der Waals surface area contributed by atoms with Gasteiger partial charge in [-0.25, -0.2) is 17.8 Å². The van der Waals surface area contributed by atoms with E-state index in [1.54, 1.807) is 6.20 Å². The number of benzene rings is 1. The van der Waals surface area contributed by atoms with E-state index in [2.05, 4.69) is 15.0 Å². The molecule has 2 aromatic rings. The minimum absolute atomic E-state index is 0.00433. The van der Waals surface area contributed by atoms with Gasteiger partial charge in [0.05, 0.1) is 17.5 Å². The third-order valence-electron chi connectivity index (χ3n) is 2.36. The molecule has 0 unspecified atom stereocenters. The Morgan fingerprint density at radius 3 is 2.67 bits per heavy atom. The van der Waals surface area contributed by atoms with Crippen molar-refractivity contribution in [1.29, 1.82) is 0 Å². The lowest BCUT2D eigenvalue weighted by Gasteiger charge is -2.10. The van der Waals surface area contributed by atoms with Crippen LogP contribution in [0.3, 0.4) is 0 Å². The van der Waals surface area contributed by atoms with Crippen molar-refractivity contribution in [3.05, 3.63) is 40.7 Å². The van der Waals surface area contributed by atoms with Crippen molar-refractivity contribution in [3.63, 3.8) is 0 Å². The highest BCUT2D eigenvalue weighted by Crippen LogP contribution is 2.22. The Labute approximate surface area is 125 Å². The van der Waals surface area contributed by atoms with Crippen LogP contribution in [0.5, 0.6) is 0 Å². The molecule has 0 saturated carbocycles. The molecule has 2 rings (SSSR count). The molecule has 0 spiro atoms. The molecule has 0 fully saturated rings. The van der Waals surface area contributed by atoms with Gasteiger partial charge in [0.1, 0.15) is 5.82 Å². The monoisotopic (exact) mass is 329 g/mol. The van der Waals surface area contributed by atoms with E-state index in [0.29, 0.717) is 5.13 Å². The van der Waals surface area contributed by atoms with Crippen molar-refractivity contribution in [2.75, 3.05) is 16.3 Å². The summed E-state index contributed by atoms with van der Waals surface area (Å²) in [5.41, 5.74) is -0.113. The molecule has 0 aliphatic rings. The van der Waals surface area contributed by atoms with Crippen molar-refractivity contribution < 1.29 is 17.6 Å². The molecule has 1 amide bonds. The maximum atomic E-state index is 13.3. The zero-order valence-electron chi connectivity index (χ0n) is 11.2. The number of sulfonamides is 1. The molecule has 0 saturated heterocycles. The molecule has 0 bridgehead atoms. The first kappa shape index (κ1) is 15.4. The number of anilines is 2. The summed E-state index contributed by atoms with van der Waals surface area (Å²) in [4.78, 5) is 17.0. The molecule has 0 radical (unpaired) electrons. The van der Waals surface area contributed by atoms with E-state index < -0.39 is 21.7 Å². The minimum atomic E-state index is -3.58. The van der Waals surface area contributed by atoms with E-state index >= 15 is 0 Å². The Morgan fingerprint density at radius 2 is 2.10 bits per heavy atom. The van der Waals surface area contributed by atoms with E-state index in [4.69, 9.17) is 0 Å². The van der Waals surface area contributed by atoms with Crippen LogP contribution < -0.4 is 10.0 Å². The number of hydrogen-bond acceptors (Lipinski definition) is 5. The Morgan fingerprint density at radius 1 is 1.38 bits per heavy atom. The Balaban J connectivity index is 2.32. The van der Waals surface area contributed by atoms with Crippen LogP contribution in [0, 0.1) is 12.7 Å². The third-order valence-corrected chi connectivity index (χ3v) is 3.78. The number of nitrogens with zero attached hydrogens (tertiary/aromatic N) is 1. The first-order valence-electron chi connectivity index (χ1n) is 5.76. The van der Waals surface area contributed by atoms with Crippen LogP contribution in [-0.2, 0) is 10.0 Å². The Kier molecular flexibility index (Phi) is 4.24. The van der Waals surface area contributed by atoms with Crippen LogP contribution in [0.4, 0.5) is 15.2 Å². The number of carbonyl (C=O) groups is 1. The van der Waals surface area contributed by atoms with Crippen LogP contribution in [-0.4, -0.2) is 25.6 Å². The number of hydrogen-bond donors (Lipinski definition) is 2. The quantitative estimate of drug-likeness (QED) is 0.900. The summed E-state index contributed by atoms with van der Waals surface area (Å²) in [7, 11) is -3.58. The second-order valence-corrected chi connectivity index (χ2v) is 7.28. The molecule has 112 valence electrons. The topological polar surface area (TPSA) is 88.2 Å². The molecule has 1 aromatic heterocycles. The Bertz CT molecular complexity index is 787. The molecule has 9 heteroatoms. The average Bonchev–Trinajstić information content (AvgIpc) is 2.75. The summed E-state index contributed by atoms with van der Waals surface area (Å²) in [5, 5.41) is 2.85. The van der Waals surface area contributed by atoms with Crippen LogP contribution >= 0.6 is 11.3 Å². The smallest absolute Gasteiger partial charge is 0.259 e. The summed E-state index contributed by atoms with van der Waals surface area (Å²) in [5.74, 6) is -1.29. The van der Waals surface area contributed by atoms with Gasteiger partial charge in [-0.2, -0.15) is 0 Å². The van der Waals surface area contributed by atoms with Gasteiger partial charge in [0.15, 0.2) is 5.13 Å². The molecule has 0 aliphatic heterocycles. The number of thiazole rings is 1. The third kappa shape index (κ3) is 4.23. The van der Waals surface area contributed by atoms with Gasteiger partial charge in [-0.3, -0.25) is 14.8 Å². The first-order valence-corrected chi connectivity index (χ1v) is 8.46. The van der Waals surface area contributed by atoms with Crippen molar-refractivity contribution >= 4 is 38.1 Å². The van der Waals surface area contributed by atoms with E-state index in [1.165, 1.54) is 17.4 Å². The zero-order chi connectivity index (χ0) is 15.6. The lowest BCUT2D eigenvalue weighted by atomic mass is 10.1. The summed E-state index contributed by atoms with van der Waals surface area (Å²) in [6.45, 7) is 1.83. The van der Waals surface area contributed by atoms with Gasteiger partial charge in [0.25, 0.3) is 5.91 Å². The largest absolute Gasteiger partial charge is 0.298 e. The first-order chi connectivity index (χ1) is 9.74. The molecule has 21 heavy (non-hydrogen) atoms. The number of halogens is 1. The highest BCUT2D eigenvalue weighted by molar-refractivity contribution is 7.92. The molecule has 1 aromatic carbocycles. The molecule has 1 heterocycles. The van der Waals surface area contributed by atoms with Crippen LogP contribution in [0.25, 0.3) is 0 Å². The van der Waals surface area contributed by atoms with E-state index in [1.807, 2.05) is 6.92 Å². The highest BCUT2D eigenvalue weighted by atomic mass is 32.2. The molecule has 0 aliphatic carbocycles. The van der Waals surface area contributed by atoms with E-state index in [-0.39, 0.29) is 11.3 Å². The van der Waals surface area contributed by atoms with Gasteiger partial charge in [-0.1, -0.05) is 0 Å². The van der Waals surface area contributed by atoms with Crippen molar-refractivity contribution in [2.24, 2.45) is 0 Å². The fourth-order valence-corrected chi connectivity index (χ4v) is 2.81. The maximum absolute atomic E-state index is 13.3. The number of carbonyl (C=O) groups excluding carboxylic acids is 1. The standard InChI is InChI=1S/C12H12FN3O3S2/c1-7-6-14-12(20-7)15-11(17)9-5-8(13)3-4-10(9)16-21(2,18)19/h3-6,16H,1-2H3,(H,14,15,17). The van der Waals surface area contributed by atoms with E-state index in [9.17, 15) is 17.6 Å². The van der Waals surface area contributed by atoms with Gasteiger partial charge in [-0.15, -0.1) is 11.3 Å². The summed E-state index contributed by atoms with van der Waals surface area (Å²) in [6, 6.07) is 3.22. The van der Waals surface area contributed by atoms with Gasteiger partial charge in [0, 0.05) is 11.1 Å². The second-order valence-electron chi connectivity index (χ2n) is 4.29. The lowest BCUT2D eigenvalue weighted by molar-refractivity contribution is 0.102. The normalized spacial score (nSPS) is 11.2. The van der Waals surface area contributed by atoms with E-state index in [0.717, 1.165) is 23.3 Å². The number of aromatic nitrogens is 1. The predicted molar refractivity (Wildman–Crippen MR) is 79.7 cm³/mol. The van der Waals surface area contributed by atoms with Crippen LogP contribution in [0.2, 0.25) is 0 Å². The second kappa shape index (κ2) is 5.78. The summed E-state index contributed by atoms with van der Waals surface area (Å²) in [6.07, 6.45) is 2.53. The summed E-state index contributed by atoms with van der Waals surface area (Å²) >= 11 is 1.26. The van der Waals surface area contributed by atoms with Crippen LogP contribution in [0.1, 0.15) is 15.2 Å². The van der Waals surface area contributed by atoms with Crippen molar-refractivity contribution in [2.45, 2.75) is 6.92 Å². The van der Waals surface area contributed by atoms with Gasteiger partial charge >= 0.3 is 0 Å². The average molecular weight is 329 g/mol. The number of nitrogens with one attached hydrogen (secondary N) is 2. The van der Waals surface area contributed by atoms with Gasteiger partial charge < -0.3 is 0 Å². The predicted octanol–water partition coefficient (Wildman–Crippen LogP) is 2.21. The SMILES string of the molecule is Cc1cnc(NC(=O)c2cc(F)ccc2NS(C)(=O)=O)s1. The van der Waals surface area contributed by atoms with Gasteiger partial charge in [0.2, 0.25) is 10.0 Å². The molecular weight excluding hydrogens is 317 g/mol. The maximum Gasteiger partial charge on any atom is 0.259 e. The van der Waals surface area contributed by atoms with Crippen molar-refractivity contribution in [3.8, 4) is 0 Å². The summed E-state index contributed by atoms with van der Waals surface area (Å²) < 4.78 is 38.0. The molecule has 2 N–H and O–H groups in total. The number of rotatable bonds is 4. The highest BCUT2D eigenvalue weighted by Gasteiger charge is 2.16. The zero-order valence-corrected chi connectivity index (χ0v) is 12.8. The van der Waals surface area contributed by atoms with Crippen molar-refractivity contribution in [1.82, 2.24) is 4.98 Å². The molecule has 0 atom stereocenters. The minimum Gasteiger partial charge on any atom is -0.298 e. The molecular formula is C12H12FN3O3S2. The lowest BCUT2D eigenvalue weighted by Crippen LogP contribution is -2.17. The fraction of sp³-hybridized carbons (Fsp3) is 0.167. The Hall–Kier alpha value is -2.00.